The zero-order valence-corrected chi connectivity index (χ0v) is 15.1. The highest BCUT2D eigenvalue weighted by molar-refractivity contribution is 9.10. The molecule has 0 saturated carbocycles. The van der Waals surface area contributed by atoms with E-state index in [0.717, 1.165) is 4.47 Å². The molecule has 2 aromatic carbocycles. The van der Waals surface area contributed by atoms with Crippen LogP contribution >= 0.6 is 15.9 Å². The second kappa shape index (κ2) is 8.49. The van der Waals surface area contributed by atoms with Gasteiger partial charge in [0, 0.05) is 21.8 Å². The molecule has 0 spiro atoms. The van der Waals surface area contributed by atoms with Crippen molar-refractivity contribution in [1.82, 2.24) is 5.32 Å². The SMILES string of the molecule is CC(C)NC(=O)c1cccc(NC(=O)COc2ccc(Br)cc2)c1. The van der Waals surface area contributed by atoms with E-state index in [9.17, 15) is 9.59 Å². The van der Waals surface area contributed by atoms with Crippen molar-refractivity contribution in [2.75, 3.05) is 11.9 Å². The zero-order valence-electron chi connectivity index (χ0n) is 13.5. The van der Waals surface area contributed by atoms with E-state index >= 15 is 0 Å². The van der Waals surface area contributed by atoms with Crippen molar-refractivity contribution in [1.29, 1.82) is 0 Å². The molecule has 0 atom stereocenters. The largest absolute Gasteiger partial charge is 0.484 e. The van der Waals surface area contributed by atoms with E-state index < -0.39 is 0 Å². The van der Waals surface area contributed by atoms with Crippen molar-refractivity contribution >= 4 is 33.4 Å². The molecule has 0 bridgehead atoms. The fraction of sp³-hybridized carbons (Fsp3) is 0.222. The molecule has 0 aromatic heterocycles. The van der Waals surface area contributed by atoms with Crippen molar-refractivity contribution in [3.05, 3.63) is 58.6 Å². The van der Waals surface area contributed by atoms with E-state index in [2.05, 4.69) is 26.6 Å². The predicted octanol–water partition coefficient (Wildman–Crippen LogP) is 3.60. The van der Waals surface area contributed by atoms with Crippen LogP contribution in [0.5, 0.6) is 5.75 Å². The zero-order chi connectivity index (χ0) is 17.5. The Hall–Kier alpha value is -2.34. The molecule has 2 aromatic rings. The van der Waals surface area contributed by atoms with Crippen LogP contribution in [0.2, 0.25) is 0 Å². The van der Waals surface area contributed by atoms with Gasteiger partial charge in [-0.2, -0.15) is 0 Å². The summed E-state index contributed by atoms with van der Waals surface area (Å²) in [6, 6.07) is 14.1. The lowest BCUT2D eigenvalue weighted by Crippen LogP contribution is -2.30. The first kappa shape index (κ1) is 18.0. The van der Waals surface area contributed by atoms with Gasteiger partial charge in [0.2, 0.25) is 0 Å². The maximum Gasteiger partial charge on any atom is 0.262 e. The van der Waals surface area contributed by atoms with E-state index in [1.807, 2.05) is 26.0 Å². The molecule has 0 aliphatic rings. The van der Waals surface area contributed by atoms with Gasteiger partial charge in [0.25, 0.3) is 11.8 Å². The van der Waals surface area contributed by atoms with Crippen LogP contribution in [0.3, 0.4) is 0 Å². The summed E-state index contributed by atoms with van der Waals surface area (Å²) in [5, 5.41) is 5.53. The molecule has 0 fully saturated rings. The van der Waals surface area contributed by atoms with Crippen molar-refractivity contribution in [2.45, 2.75) is 19.9 Å². The molecule has 6 heteroatoms. The fourth-order valence-corrected chi connectivity index (χ4v) is 2.22. The highest BCUT2D eigenvalue weighted by atomic mass is 79.9. The lowest BCUT2D eigenvalue weighted by Gasteiger charge is -2.10. The lowest BCUT2D eigenvalue weighted by molar-refractivity contribution is -0.118. The minimum atomic E-state index is -0.292. The van der Waals surface area contributed by atoms with Crippen LogP contribution in [0.4, 0.5) is 5.69 Å². The van der Waals surface area contributed by atoms with Crippen LogP contribution in [0.25, 0.3) is 0 Å². The van der Waals surface area contributed by atoms with Crippen molar-refractivity contribution in [3.8, 4) is 5.75 Å². The third kappa shape index (κ3) is 5.70. The quantitative estimate of drug-likeness (QED) is 0.791. The molecule has 0 heterocycles. The van der Waals surface area contributed by atoms with Gasteiger partial charge in [0.05, 0.1) is 0 Å². The Balaban J connectivity index is 1.91. The Bertz CT molecular complexity index is 714. The Morgan fingerprint density at radius 3 is 2.50 bits per heavy atom. The first-order valence-corrected chi connectivity index (χ1v) is 8.32. The molecule has 0 saturated heterocycles. The van der Waals surface area contributed by atoms with Gasteiger partial charge in [0.15, 0.2) is 6.61 Å². The smallest absolute Gasteiger partial charge is 0.262 e. The summed E-state index contributed by atoms with van der Waals surface area (Å²) in [5.74, 6) is 0.143. The summed E-state index contributed by atoms with van der Waals surface area (Å²) >= 11 is 3.34. The van der Waals surface area contributed by atoms with E-state index in [0.29, 0.717) is 17.0 Å². The number of benzene rings is 2. The van der Waals surface area contributed by atoms with Gasteiger partial charge in [0.1, 0.15) is 5.75 Å². The Kier molecular flexibility index (Phi) is 6.37. The molecular weight excluding hydrogens is 372 g/mol. The minimum Gasteiger partial charge on any atom is -0.484 e. The Morgan fingerprint density at radius 2 is 1.83 bits per heavy atom. The van der Waals surface area contributed by atoms with Crippen LogP contribution in [-0.4, -0.2) is 24.5 Å². The number of carbonyl (C=O) groups is 2. The molecule has 2 amide bonds. The molecule has 0 aliphatic carbocycles. The number of carbonyl (C=O) groups excluding carboxylic acids is 2. The number of rotatable bonds is 6. The number of ether oxygens (including phenoxy) is 1. The third-order valence-electron chi connectivity index (χ3n) is 3.01. The molecule has 5 nitrogen and oxygen atoms in total. The number of hydrogen-bond acceptors (Lipinski definition) is 3. The molecule has 0 unspecified atom stereocenters. The first-order chi connectivity index (χ1) is 11.4. The summed E-state index contributed by atoms with van der Waals surface area (Å²) in [6.45, 7) is 3.68. The highest BCUT2D eigenvalue weighted by Crippen LogP contribution is 2.16. The lowest BCUT2D eigenvalue weighted by atomic mass is 10.2. The summed E-state index contributed by atoms with van der Waals surface area (Å²) in [7, 11) is 0. The van der Waals surface area contributed by atoms with Gasteiger partial charge in [-0.1, -0.05) is 22.0 Å². The topological polar surface area (TPSA) is 67.4 Å². The number of halogens is 1. The Labute approximate surface area is 149 Å². The van der Waals surface area contributed by atoms with Crippen molar-refractivity contribution in [2.24, 2.45) is 0 Å². The van der Waals surface area contributed by atoms with Gasteiger partial charge in [-0.3, -0.25) is 9.59 Å². The predicted molar refractivity (Wildman–Crippen MR) is 97.3 cm³/mol. The summed E-state index contributed by atoms with van der Waals surface area (Å²) in [6.07, 6.45) is 0. The van der Waals surface area contributed by atoms with Crippen LogP contribution in [-0.2, 0) is 4.79 Å². The average molecular weight is 391 g/mol. The third-order valence-corrected chi connectivity index (χ3v) is 3.54. The molecule has 0 radical (unpaired) electrons. The maximum atomic E-state index is 12.0. The molecule has 2 rings (SSSR count). The van der Waals surface area contributed by atoms with Crippen LogP contribution in [0, 0.1) is 0 Å². The van der Waals surface area contributed by atoms with E-state index in [1.165, 1.54) is 0 Å². The first-order valence-electron chi connectivity index (χ1n) is 7.53. The number of anilines is 1. The van der Waals surface area contributed by atoms with Crippen LogP contribution in [0.15, 0.2) is 53.0 Å². The van der Waals surface area contributed by atoms with Gasteiger partial charge in [-0.05, 0) is 56.3 Å². The normalized spacial score (nSPS) is 10.3. The van der Waals surface area contributed by atoms with E-state index in [1.54, 1.807) is 36.4 Å². The number of hydrogen-bond donors (Lipinski definition) is 2. The second-order valence-corrected chi connectivity index (χ2v) is 6.42. The highest BCUT2D eigenvalue weighted by Gasteiger charge is 2.09. The van der Waals surface area contributed by atoms with Gasteiger partial charge in [-0.15, -0.1) is 0 Å². The summed E-state index contributed by atoms with van der Waals surface area (Å²) in [5.41, 5.74) is 1.05. The molecule has 126 valence electrons. The minimum absolute atomic E-state index is 0.0510. The summed E-state index contributed by atoms with van der Waals surface area (Å²) in [4.78, 5) is 23.9. The molecule has 24 heavy (non-hydrogen) atoms. The van der Waals surface area contributed by atoms with E-state index in [4.69, 9.17) is 4.74 Å². The molecular formula is C18H19BrN2O3. The maximum absolute atomic E-state index is 12.0. The second-order valence-electron chi connectivity index (χ2n) is 5.50. The van der Waals surface area contributed by atoms with Gasteiger partial charge >= 0.3 is 0 Å². The fourth-order valence-electron chi connectivity index (χ4n) is 1.96. The molecule has 0 aliphatic heterocycles. The van der Waals surface area contributed by atoms with Gasteiger partial charge < -0.3 is 15.4 Å². The van der Waals surface area contributed by atoms with Crippen molar-refractivity contribution < 1.29 is 14.3 Å². The van der Waals surface area contributed by atoms with E-state index in [-0.39, 0.29) is 24.5 Å². The van der Waals surface area contributed by atoms with Gasteiger partial charge in [-0.25, -0.2) is 0 Å². The summed E-state index contributed by atoms with van der Waals surface area (Å²) < 4.78 is 6.35. The van der Waals surface area contributed by atoms with Crippen LogP contribution < -0.4 is 15.4 Å². The average Bonchev–Trinajstić information content (AvgIpc) is 2.54. The monoisotopic (exact) mass is 390 g/mol. The number of nitrogens with one attached hydrogen (secondary N) is 2. The Morgan fingerprint density at radius 1 is 1.12 bits per heavy atom. The van der Waals surface area contributed by atoms with Crippen molar-refractivity contribution in [3.63, 3.8) is 0 Å². The van der Waals surface area contributed by atoms with Crippen LogP contribution in [0.1, 0.15) is 24.2 Å². The molecule has 2 N–H and O–H groups in total. The standard InChI is InChI=1S/C18H19BrN2O3/c1-12(2)20-18(23)13-4-3-5-15(10-13)21-17(22)11-24-16-8-6-14(19)7-9-16/h3-10,12H,11H2,1-2H3,(H,20,23)(H,21,22). The number of amides is 2.